The predicted molar refractivity (Wildman–Crippen MR) is 90.7 cm³/mol. The lowest BCUT2D eigenvalue weighted by atomic mass is 9.90. The Morgan fingerprint density at radius 3 is 2.44 bits per heavy atom. The van der Waals surface area contributed by atoms with Gasteiger partial charge in [-0.25, -0.2) is 0 Å². The maximum absolute atomic E-state index is 12.9. The Morgan fingerprint density at radius 1 is 1.08 bits per heavy atom. The molecule has 2 nitrogen and oxygen atoms in total. The summed E-state index contributed by atoms with van der Waals surface area (Å²) in [7, 11) is 0. The standard InChI is InChI=1S/C18H12Cl2F3NO/c19-13-6-2-5-11(16(13)20)12-8-14(24)15(17(12)25)9-3-1-4-10(7-9)18(21,22)23/h1-7,12,15,24H,8H2. The summed E-state index contributed by atoms with van der Waals surface area (Å²) in [4.78, 5) is 12.8. The molecule has 1 aliphatic carbocycles. The number of benzene rings is 2. The fourth-order valence-corrected chi connectivity index (χ4v) is 3.56. The number of carbonyl (C=O) groups is 1. The van der Waals surface area contributed by atoms with Crippen molar-refractivity contribution in [3.63, 3.8) is 0 Å². The molecular weight excluding hydrogens is 374 g/mol. The Balaban J connectivity index is 1.99. The minimum absolute atomic E-state index is 0.0744. The van der Waals surface area contributed by atoms with E-state index in [1.165, 1.54) is 12.1 Å². The van der Waals surface area contributed by atoms with Crippen molar-refractivity contribution < 1.29 is 18.0 Å². The van der Waals surface area contributed by atoms with Crippen LogP contribution in [0.2, 0.25) is 10.0 Å². The summed E-state index contributed by atoms with van der Waals surface area (Å²) < 4.78 is 38.8. The first-order valence-corrected chi connectivity index (χ1v) is 8.18. The normalized spacial score (nSPS) is 21.0. The van der Waals surface area contributed by atoms with Crippen molar-refractivity contribution in [1.82, 2.24) is 0 Å². The number of ketones is 1. The smallest absolute Gasteiger partial charge is 0.309 e. The van der Waals surface area contributed by atoms with E-state index in [0.717, 1.165) is 12.1 Å². The summed E-state index contributed by atoms with van der Waals surface area (Å²) in [5.74, 6) is -2.02. The third-order valence-corrected chi connectivity index (χ3v) is 5.14. The summed E-state index contributed by atoms with van der Waals surface area (Å²) in [6, 6.07) is 9.45. The van der Waals surface area contributed by atoms with E-state index in [2.05, 4.69) is 0 Å². The lowest BCUT2D eigenvalue weighted by Gasteiger charge is -2.14. The monoisotopic (exact) mass is 385 g/mol. The number of Topliss-reactive ketones (excluding diaryl/α,β-unsaturated/α-hetero) is 1. The Morgan fingerprint density at radius 2 is 1.76 bits per heavy atom. The lowest BCUT2D eigenvalue weighted by Crippen LogP contribution is -2.15. The molecule has 2 unspecified atom stereocenters. The molecule has 1 aliphatic rings. The molecule has 0 aliphatic heterocycles. The summed E-state index contributed by atoms with van der Waals surface area (Å²) >= 11 is 12.1. The van der Waals surface area contributed by atoms with Gasteiger partial charge < -0.3 is 5.41 Å². The minimum atomic E-state index is -4.50. The molecule has 7 heteroatoms. The van der Waals surface area contributed by atoms with Crippen molar-refractivity contribution >= 4 is 34.7 Å². The molecule has 0 amide bonds. The number of alkyl halides is 3. The first-order chi connectivity index (χ1) is 11.7. The molecule has 1 saturated carbocycles. The highest BCUT2D eigenvalue weighted by molar-refractivity contribution is 6.42. The Bertz CT molecular complexity index is 864. The van der Waals surface area contributed by atoms with Gasteiger partial charge in [-0.15, -0.1) is 0 Å². The number of hydrogen-bond acceptors (Lipinski definition) is 2. The van der Waals surface area contributed by atoms with Gasteiger partial charge in [0.05, 0.1) is 27.4 Å². The Hall–Kier alpha value is -1.85. The number of rotatable bonds is 2. The largest absolute Gasteiger partial charge is 0.416 e. The molecule has 0 heterocycles. The highest BCUT2D eigenvalue weighted by Gasteiger charge is 2.42. The molecular formula is C18H12Cl2F3NO. The molecule has 2 aromatic rings. The molecule has 130 valence electrons. The summed E-state index contributed by atoms with van der Waals surface area (Å²) in [6.07, 6.45) is -4.39. The number of halogens is 5. The van der Waals surface area contributed by atoms with Crippen LogP contribution >= 0.6 is 23.2 Å². The predicted octanol–water partition coefficient (Wildman–Crippen LogP) is 5.87. The average molecular weight is 386 g/mol. The lowest BCUT2D eigenvalue weighted by molar-refractivity contribution is -0.137. The van der Waals surface area contributed by atoms with Gasteiger partial charge in [-0.2, -0.15) is 13.2 Å². The Kier molecular flexibility index (Phi) is 4.64. The zero-order valence-electron chi connectivity index (χ0n) is 12.7. The second kappa shape index (κ2) is 6.46. The van der Waals surface area contributed by atoms with Gasteiger partial charge >= 0.3 is 6.18 Å². The van der Waals surface area contributed by atoms with E-state index in [0.29, 0.717) is 10.6 Å². The van der Waals surface area contributed by atoms with Crippen LogP contribution in [0.5, 0.6) is 0 Å². The SMILES string of the molecule is N=C1CC(c2cccc(Cl)c2Cl)C(=O)C1c1cccc(C(F)(F)F)c1. The number of carbonyl (C=O) groups excluding carboxylic acids is 1. The zero-order valence-corrected chi connectivity index (χ0v) is 14.2. The fourth-order valence-electron chi connectivity index (χ4n) is 3.12. The average Bonchev–Trinajstić information content (AvgIpc) is 2.84. The van der Waals surface area contributed by atoms with E-state index in [1.807, 2.05) is 0 Å². The van der Waals surface area contributed by atoms with Crippen LogP contribution in [0, 0.1) is 5.41 Å². The molecule has 0 bridgehead atoms. The van der Waals surface area contributed by atoms with Crippen LogP contribution in [0.15, 0.2) is 42.5 Å². The third kappa shape index (κ3) is 3.31. The quantitative estimate of drug-likeness (QED) is 0.689. The minimum Gasteiger partial charge on any atom is -0.309 e. The van der Waals surface area contributed by atoms with Crippen LogP contribution in [0.25, 0.3) is 0 Å². The van der Waals surface area contributed by atoms with Crippen molar-refractivity contribution in [2.75, 3.05) is 0 Å². The molecule has 1 N–H and O–H groups in total. The van der Waals surface area contributed by atoms with Gasteiger partial charge in [0.1, 0.15) is 0 Å². The summed E-state index contributed by atoms with van der Waals surface area (Å²) in [5, 5.41) is 8.65. The summed E-state index contributed by atoms with van der Waals surface area (Å²) in [5.41, 5.74) is -0.0935. The molecule has 3 rings (SSSR count). The molecule has 2 atom stereocenters. The molecule has 2 aromatic carbocycles. The van der Waals surface area contributed by atoms with Crippen molar-refractivity contribution in [3.05, 3.63) is 69.2 Å². The van der Waals surface area contributed by atoms with Crippen LogP contribution in [0.1, 0.15) is 34.9 Å². The van der Waals surface area contributed by atoms with Gasteiger partial charge in [-0.05, 0) is 29.7 Å². The molecule has 1 fully saturated rings. The van der Waals surface area contributed by atoms with Crippen LogP contribution < -0.4 is 0 Å². The van der Waals surface area contributed by atoms with E-state index in [-0.39, 0.29) is 28.5 Å². The van der Waals surface area contributed by atoms with Gasteiger partial charge in [-0.1, -0.05) is 53.5 Å². The van der Waals surface area contributed by atoms with Gasteiger partial charge in [0, 0.05) is 5.71 Å². The topological polar surface area (TPSA) is 40.9 Å². The number of hydrogen-bond donors (Lipinski definition) is 1. The van der Waals surface area contributed by atoms with Crippen LogP contribution in [0.3, 0.4) is 0 Å². The first kappa shape index (κ1) is 18.0. The molecule has 0 spiro atoms. The van der Waals surface area contributed by atoms with E-state index in [1.54, 1.807) is 18.2 Å². The highest BCUT2D eigenvalue weighted by atomic mass is 35.5. The molecule has 25 heavy (non-hydrogen) atoms. The zero-order chi connectivity index (χ0) is 18.4. The molecule has 0 radical (unpaired) electrons. The molecule has 0 aromatic heterocycles. The van der Waals surface area contributed by atoms with Crippen molar-refractivity contribution in [3.8, 4) is 0 Å². The van der Waals surface area contributed by atoms with E-state index < -0.39 is 23.6 Å². The second-order valence-electron chi connectivity index (χ2n) is 5.88. The van der Waals surface area contributed by atoms with Crippen LogP contribution in [0.4, 0.5) is 13.2 Å². The van der Waals surface area contributed by atoms with E-state index >= 15 is 0 Å². The Labute approximate surface area is 152 Å². The first-order valence-electron chi connectivity index (χ1n) is 7.42. The van der Waals surface area contributed by atoms with Crippen LogP contribution in [-0.4, -0.2) is 11.5 Å². The maximum atomic E-state index is 12.9. The van der Waals surface area contributed by atoms with E-state index in [9.17, 15) is 18.0 Å². The fraction of sp³-hybridized carbons (Fsp3) is 0.222. The van der Waals surface area contributed by atoms with Crippen molar-refractivity contribution in [2.45, 2.75) is 24.4 Å². The maximum Gasteiger partial charge on any atom is 0.416 e. The van der Waals surface area contributed by atoms with E-state index in [4.69, 9.17) is 28.6 Å². The molecule has 0 saturated heterocycles. The van der Waals surface area contributed by atoms with Gasteiger partial charge in [0.2, 0.25) is 0 Å². The van der Waals surface area contributed by atoms with Crippen molar-refractivity contribution in [2.24, 2.45) is 0 Å². The third-order valence-electron chi connectivity index (χ3n) is 4.30. The van der Waals surface area contributed by atoms with Crippen LogP contribution in [-0.2, 0) is 11.0 Å². The van der Waals surface area contributed by atoms with Crippen molar-refractivity contribution in [1.29, 1.82) is 5.41 Å². The highest BCUT2D eigenvalue weighted by Crippen LogP contribution is 2.43. The van der Waals surface area contributed by atoms with Gasteiger partial charge in [-0.3, -0.25) is 4.79 Å². The van der Waals surface area contributed by atoms with Gasteiger partial charge in [0.15, 0.2) is 5.78 Å². The number of nitrogens with one attached hydrogen (secondary N) is 1. The second-order valence-corrected chi connectivity index (χ2v) is 6.67. The van der Waals surface area contributed by atoms with Gasteiger partial charge in [0.25, 0.3) is 0 Å². The summed E-state index contributed by atoms with van der Waals surface area (Å²) in [6.45, 7) is 0.